The number of anilines is 1. The highest BCUT2D eigenvalue weighted by atomic mass is 16.5. The van der Waals surface area contributed by atoms with Gasteiger partial charge in [0.1, 0.15) is 34.5 Å². The smallest absolute Gasteiger partial charge is 0.344 e. The van der Waals surface area contributed by atoms with E-state index in [-0.39, 0.29) is 12.1 Å². The Labute approximate surface area is 164 Å². The van der Waals surface area contributed by atoms with Crippen molar-refractivity contribution < 1.29 is 23.8 Å². The van der Waals surface area contributed by atoms with Crippen molar-refractivity contribution in [2.24, 2.45) is 0 Å². The first-order valence-corrected chi connectivity index (χ1v) is 9.16. The number of hydrogen-bond acceptors (Lipinski definition) is 7. The summed E-state index contributed by atoms with van der Waals surface area (Å²) in [6, 6.07) is 9.15. The number of nitrogen functional groups attached to an aromatic ring is 1. The minimum absolute atomic E-state index is 0.0859. The lowest BCUT2D eigenvalue weighted by atomic mass is 10.2. The predicted octanol–water partition coefficient (Wildman–Crippen LogP) is 3.06. The molecule has 5 rings (SSSR count). The zero-order valence-corrected chi connectivity index (χ0v) is 15.7. The number of carboxylic acid groups (broad SMARTS) is 1. The molecule has 9 heteroatoms. The normalized spacial score (nSPS) is 16.7. The van der Waals surface area contributed by atoms with E-state index in [0.29, 0.717) is 34.7 Å². The second kappa shape index (κ2) is 6.13. The number of fused-ring (bicyclic) bond motifs is 1. The topological polar surface area (TPSA) is 126 Å². The van der Waals surface area contributed by atoms with Crippen molar-refractivity contribution in [1.82, 2.24) is 14.5 Å². The van der Waals surface area contributed by atoms with E-state index in [4.69, 9.17) is 29.7 Å². The summed E-state index contributed by atoms with van der Waals surface area (Å²) in [5.41, 5.74) is 9.28. The van der Waals surface area contributed by atoms with Gasteiger partial charge < -0.3 is 29.3 Å². The van der Waals surface area contributed by atoms with Gasteiger partial charge in [0.2, 0.25) is 0 Å². The molecule has 0 spiro atoms. The van der Waals surface area contributed by atoms with Crippen LogP contribution in [0, 0.1) is 0 Å². The zero-order valence-electron chi connectivity index (χ0n) is 15.7. The molecule has 2 atom stereocenters. The van der Waals surface area contributed by atoms with Crippen molar-refractivity contribution in [1.29, 1.82) is 0 Å². The zero-order chi connectivity index (χ0) is 20.3. The predicted molar refractivity (Wildman–Crippen MR) is 105 cm³/mol. The van der Waals surface area contributed by atoms with E-state index in [1.807, 2.05) is 25.1 Å². The summed E-state index contributed by atoms with van der Waals surface area (Å²) in [5.74, 6) is 0.717. The summed E-state index contributed by atoms with van der Waals surface area (Å²) in [5, 5.41) is 9.12. The molecule has 4 aromatic rings. The third-order valence-electron chi connectivity index (χ3n) is 4.87. The molecule has 148 valence electrons. The van der Waals surface area contributed by atoms with Crippen LogP contribution in [0.2, 0.25) is 0 Å². The second-order valence-corrected chi connectivity index (χ2v) is 7.10. The van der Waals surface area contributed by atoms with Gasteiger partial charge in [-0.05, 0) is 32.0 Å². The molecule has 1 unspecified atom stereocenters. The number of oxazole rings is 1. The van der Waals surface area contributed by atoms with E-state index in [1.54, 1.807) is 12.1 Å². The fraction of sp³-hybridized carbons (Fsp3) is 0.250. The second-order valence-electron chi connectivity index (χ2n) is 7.10. The van der Waals surface area contributed by atoms with Gasteiger partial charge in [-0.15, -0.1) is 0 Å². The maximum absolute atomic E-state index is 11.1. The minimum Gasteiger partial charge on any atom is -0.486 e. The molecule has 0 radical (unpaired) electrons. The lowest BCUT2D eigenvalue weighted by Gasteiger charge is -2.24. The van der Waals surface area contributed by atoms with Gasteiger partial charge in [-0.1, -0.05) is 0 Å². The Bertz CT molecular complexity index is 1280. The van der Waals surface area contributed by atoms with Crippen molar-refractivity contribution >= 4 is 34.1 Å². The van der Waals surface area contributed by atoms with Gasteiger partial charge in [0.25, 0.3) is 6.01 Å². The molecule has 2 aromatic heterocycles. The molecule has 0 saturated heterocycles. The van der Waals surface area contributed by atoms with Crippen LogP contribution < -0.4 is 15.2 Å². The average molecular weight is 394 g/mol. The molecule has 1 aliphatic heterocycles. The third kappa shape index (κ3) is 2.82. The molecule has 0 aliphatic carbocycles. The maximum atomic E-state index is 11.1. The summed E-state index contributed by atoms with van der Waals surface area (Å²) in [4.78, 5) is 20.1. The first-order valence-electron chi connectivity index (χ1n) is 9.16. The van der Waals surface area contributed by atoms with Crippen molar-refractivity contribution in [3.8, 4) is 22.9 Å². The van der Waals surface area contributed by atoms with Crippen molar-refractivity contribution in [3.05, 3.63) is 30.3 Å². The van der Waals surface area contributed by atoms with E-state index in [2.05, 4.69) is 9.55 Å². The van der Waals surface area contributed by atoms with Crippen LogP contribution in [0.4, 0.5) is 6.01 Å². The van der Waals surface area contributed by atoms with Gasteiger partial charge in [-0.2, -0.15) is 4.98 Å². The van der Waals surface area contributed by atoms with Gasteiger partial charge in [0, 0.05) is 17.7 Å². The first kappa shape index (κ1) is 17.4. The largest absolute Gasteiger partial charge is 0.486 e. The Morgan fingerprint density at radius 1 is 1.31 bits per heavy atom. The third-order valence-corrected chi connectivity index (χ3v) is 4.87. The van der Waals surface area contributed by atoms with E-state index < -0.39 is 12.1 Å². The average Bonchev–Trinajstić information content (AvgIpc) is 3.20. The molecule has 0 amide bonds. The van der Waals surface area contributed by atoms with Crippen molar-refractivity contribution in [3.63, 3.8) is 0 Å². The quantitative estimate of drug-likeness (QED) is 0.541. The van der Waals surface area contributed by atoms with Crippen LogP contribution >= 0.6 is 0 Å². The lowest BCUT2D eigenvalue weighted by molar-refractivity contribution is -0.144. The summed E-state index contributed by atoms with van der Waals surface area (Å²) in [6.45, 7) is 4.07. The Morgan fingerprint density at radius 3 is 2.93 bits per heavy atom. The standard InChI is InChI=1S/C20H18N4O5/c1-9-8-24-17-14(6-12(7-16(17)27-9)28-10(2)19(25)26)22-18(24)11-3-4-15-13(5-11)23-20(21)29-15/h3-7,9-10H,8H2,1-2H3,(H2,21,23)(H,25,26)/t9-,10?/m1/s1. The molecule has 3 heterocycles. The number of benzene rings is 2. The number of rotatable bonds is 4. The number of ether oxygens (including phenoxy) is 2. The Balaban J connectivity index is 1.67. The highest BCUT2D eigenvalue weighted by molar-refractivity contribution is 5.89. The summed E-state index contributed by atoms with van der Waals surface area (Å²) >= 11 is 0. The molecule has 9 nitrogen and oxygen atoms in total. The fourth-order valence-electron chi connectivity index (χ4n) is 3.61. The minimum atomic E-state index is -1.04. The Morgan fingerprint density at radius 2 is 2.14 bits per heavy atom. The number of imidazole rings is 1. The van der Waals surface area contributed by atoms with Crippen LogP contribution in [0.5, 0.6) is 11.5 Å². The van der Waals surface area contributed by atoms with Crippen molar-refractivity contribution in [2.75, 3.05) is 5.73 Å². The van der Waals surface area contributed by atoms with Gasteiger partial charge in [0.05, 0.1) is 12.1 Å². The summed E-state index contributed by atoms with van der Waals surface area (Å²) in [7, 11) is 0. The van der Waals surface area contributed by atoms with Gasteiger partial charge in [-0.3, -0.25) is 0 Å². The molecule has 0 saturated carbocycles. The fourth-order valence-corrected chi connectivity index (χ4v) is 3.61. The van der Waals surface area contributed by atoms with Gasteiger partial charge >= 0.3 is 5.97 Å². The highest BCUT2D eigenvalue weighted by Crippen LogP contribution is 2.39. The van der Waals surface area contributed by atoms with Gasteiger partial charge in [-0.25, -0.2) is 9.78 Å². The molecular formula is C20H18N4O5. The Hall–Kier alpha value is -3.75. The van der Waals surface area contributed by atoms with Crippen LogP contribution in [0.3, 0.4) is 0 Å². The SMILES string of the molecule is CC(Oc1cc2c3c(c1)nc(-c1ccc4oc(N)nc4c1)n3C[C@@H](C)O2)C(=O)O. The number of aliphatic carboxylic acids is 1. The van der Waals surface area contributed by atoms with Crippen LogP contribution in [-0.4, -0.2) is 37.8 Å². The van der Waals surface area contributed by atoms with Crippen LogP contribution in [0.15, 0.2) is 34.7 Å². The van der Waals surface area contributed by atoms with Crippen molar-refractivity contribution in [2.45, 2.75) is 32.6 Å². The number of nitrogens with zero attached hydrogens (tertiary/aromatic N) is 3. The summed E-state index contributed by atoms with van der Waals surface area (Å²) in [6.07, 6.45) is -1.07. The van der Waals surface area contributed by atoms with Crippen LogP contribution in [0.1, 0.15) is 13.8 Å². The van der Waals surface area contributed by atoms with Gasteiger partial charge in [0.15, 0.2) is 11.7 Å². The molecule has 29 heavy (non-hydrogen) atoms. The number of nitrogens with two attached hydrogens (primary N) is 1. The number of carbonyl (C=O) groups is 1. The van der Waals surface area contributed by atoms with E-state index in [9.17, 15) is 4.79 Å². The van der Waals surface area contributed by atoms with Crippen LogP contribution in [0.25, 0.3) is 33.5 Å². The monoisotopic (exact) mass is 394 g/mol. The Kier molecular flexibility index (Phi) is 3.67. The van der Waals surface area contributed by atoms with E-state index >= 15 is 0 Å². The summed E-state index contributed by atoms with van der Waals surface area (Å²) < 4.78 is 19.0. The maximum Gasteiger partial charge on any atom is 0.344 e. The van der Waals surface area contributed by atoms with Crippen LogP contribution in [-0.2, 0) is 11.3 Å². The highest BCUT2D eigenvalue weighted by Gasteiger charge is 2.26. The number of carboxylic acids is 1. The molecule has 1 aliphatic rings. The van der Waals surface area contributed by atoms with E-state index in [0.717, 1.165) is 16.9 Å². The molecule has 2 aromatic carbocycles. The lowest BCUT2D eigenvalue weighted by Crippen LogP contribution is -2.25. The number of hydrogen-bond donors (Lipinski definition) is 2. The number of aromatic nitrogens is 3. The molecular weight excluding hydrogens is 376 g/mol. The van der Waals surface area contributed by atoms with E-state index in [1.165, 1.54) is 6.92 Å². The molecule has 0 bridgehead atoms. The molecule has 0 fully saturated rings. The molecule has 3 N–H and O–H groups in total. The first-order chi connectivity index (χ1) is 13.9.